The molecule has 0 atom stereocenters. The number of H-pyrrole nitrogens is 1. The Labute approximate surface area is 137 Å². The summed E-state index contributed by atoms with van der Waals surface area (Å²) < 4.78 is 0. The SMILES string of the molecule is Oc1nc(-c2ccccc2)[nH]c1/C=C1/C=Nc2ncc(Cl)cc21. The van der Waals surface area contributed by atoms with Gasteiger partial charge in [-0.25, -0.2) is 9.98 Å². The number of hydrogen-bond donors (Lipinski definition) is 2. The van der Waals surface area contributed by atoms with Crippen molar-refractivity contribution in [2.75, 3.05) is 0 Å². The predicted octanol–water partition coefficient (Wildman–Crippen LogP) is 4.09. The molecule has 5 nitrogen and oxygen atoms in total. The highest BCUT2D eigenvalue weighted by Crippen LogP contribution is 2.33. The third-order valence-electron chi connectivity index (χ3n) is 3.53. The second-order valence-corrected chi connectivity index (χ2v) is 5.51. The molecule has 1 aliphatic rings. The first kappa shape index (κ1) is 13.7. The number of aromatic hydroxyl groups is 1. The summed E-state index contributed by atoms with van der Waals surface area (Å²) in [7, 11) is 0. The predicted molar refractivity (Wildman–Crippen MR) is 91.0 cm³/mol. The van der Waals surface area contributed by atoms with E-state index in [2.05, 4.69) is 19.9 Å². The molecule has 0 bridgehead atoms. The average molecular weight is 323 g/mol. The number of fused-ring (bicyclic) bond motifs is 1. The van der Waals surface area contributed by atoms with Crippen LogP contribution in [0.1, 0.15) is 11.3 Å². The van der Waals surface area contributed by atoms with Gasteiger partial charge in [-0.2, -0.15) is 4.98 Å². The number of aromatic nitrogens is 3. The van der Waals surface area contributed by atoms with Gasteiger partial charge in [-0.1, -0.05) is 41.9 Å². The van der Waals surface area contributed by atoms with Crippen LogP contribution in [0.4, 0.5) is 5.82 Å². The lowest BCUT2D eigenvalue weighted by molar-refractivity contribution is 0.455. The molecule has 0 spiro atoms. The lowest BCUT2D eigenvalue weighted by Gasteiger charge is -1.99. The molecule has 1 aliphatic heterocycles. The second kappa shape index (κ2) is 5.37. The maximum Gasteiger partial charge on any atom is 0.237 e. The van der Waals surface area contributed by atoms with Gasteiger partial charge in [0.25, 0.3) is 0 Å². The van der Waals surface area contributed by atoms with Crippen LogP contribution < -0.4 is 0 Å². The van der Waals surface area contributed by atoms with Gasteiger partial charge in [-0.3, -0.25) is 0 Å². The summed E-state index contributed by atoms with van der Waals surface area (Å²) in [6, 6.07) is 11.4. The zero-order valence-corrected chi connectivity index (χ0v) is 12.6. The average Bonchev–Trinajstić information content (AvgIpc) is 3.13. The fourth-order valence-electron chi connectivity index (χ4n) is 2.43. The summed E-state index contributed by atoms with van der Waals surface area (Å²) in [5.41, 5.74) is 3.05. The lowest BCUT2D eigenvalue weighted by Crippen LogP contribution is -1.84. The first-order valence-electron chi connectivity index (χ1n) is 6.97. The van der Waals surface area contributed by atoms with Crippen molar-refractivity contribution in [3.63, 3.8) is 0 Å². The Hall–Kier alpha value is -2.92. The van der Waals surface area contributed by atoms with Crippen LogP contribution in [-0.2, 0) is 0 Å². The van der Waals surface area contributed by atoms with E-state index in [9.17, 15) is 5.11 Å². The van der Waals surface area contributed by atoms with Gasteiger partial charge in [0.15, 0.2) is 5.82 Å². The van der Waals surface area contributed by atoms with Crippen molar-refractivity contribution in [2.45, 2.75) is 0 Å². The van der Waals surface area contributed by atoms with Crippen LogP contribution in [0.5, 0.6) is 5.88 Å². The van der Waals surface area contributed by atoms with Crippen molar-refractivity contribution in [3.05, 3.63) is 58.9 Å². The minimum Gasteiger partial charge on any atom is -0.492 e. The standard InChI is InChI=1S/C17H11ClN4O/c18-12-7-13-11(8-19-16(13)20-9-12)6-14-17(23)22-15(21-14)10-4-2-1-3-5-10/h1-9,23H,(H,21,22)/b11-6-. The third-order valence-corrected chi connectivity index (χ3v) is 3.74. The first-order valence-corrected chi connectivity index (χ1v) is 7.34. The molecule has 2 N–H and O–H groups in total. The van der Waals surface area contributed by atoms with E-state index in [1.807, 2.05) is 30.3 Å². The van der Waals surface area contributed by atoms with Gasteiger partial charge in [0, 0.05) is 29.1 Å². The number of benzene rings is 1. The van der Waals surface area contributed by atoms with Crippen LogP contribution in [0.25, 0.3) is 23.0 Å². The maximum absolute atomic E-state index is 10.1. The lowest BCUT2D eigenvalue weighted by atomic mass is 10.1. The molecule has 4 rings (SSSR count). The smallest absolute Gasteiger partial charge is 0.237 e. The molecule has 0 amide bonds. The van der Waals surface area contributed by atoms with E-state index >= 15 is 0 Å². The normalized spacial score (nSPS) is 14.4. The summed E-state index contributed by atoms with van der Waals surface area (Å²) in [6.45, 7) is 0. The van der Waals surface area contributed by atoms with Crippen molar-refractivity contribution >= 4 is 35.3 Å². The van der Waals surface area contributed by atoms with E-state index < -0.39 is 0 Å². The molecule has 0 saturated heterocycles. The Morgan fingerprint density at radius 2 is 2.00 bits per heavy atom. The van der Waals surface area contributed by atoms with Crippen molar-refractivity contribution < 1.29 is 5.11 Å². The summed E-state index contributed by atoms with van der Waals surface area (Å²) >= 11 is 5.99. The minimum absolute atomic E-state index is 0.0619. The van der Waals surface area contributed by atoms with Crippen LogP contribution in [0.15, 0.2) is 47.6 Å². The number of nitrogens with zero attached hydrogens (tertiary/aromatic N) is 3. The van der Waals surface area contributed by atoms with E-state index in [0.717, 1.165) is 16.7 Å². The fourth-order valence-corrected chi connectivity index (χ4v) is 2.59. The van der Waals surface area contributed by atoms with Crippen LogP contribution in [-0.4, -0.2) is 26.3 Å². The van der Waals surface area contributed by atoms with Crippen molar-refractivity contribution in [3.8, 4) is 17.3 Å². The molecular weight excluding hydrogens is 312 g/mol. The number of nitrogens with one attached hydrogen (secondary N) is 1. The number of imidazole rings is 1. The molecule has 3 aromatic rings. The molecule has 6 heteroatoms. The number of rotatable bonds is 2. The Bertz CT molecular complexity index is 944. The van der Waals surface area contributed by atoms with E-state index in [1.165, 1.54) is 0 Å². The molecule has 0 fully saturated rings. The first-order chi connectivity index (χ1) is 11.2. The molecule has 3 heterocycles. The molecule has 0 radical (unpaired) electrons. The van der Waals surface area contributed by atoms with Crippen molar-refractivity contribution in [1.29, 1.82) is 0 Å². The third kappa shape index (κ3) is 2.51. The highest BCUT2D eigenvalue weighted by atomic mass is 35.5. The second-order valence-electron chi connectivity index (χ2n) is 5.07. The molecule has 1 aromatic carbocycles. The topological polar surface area (TPSA) is 74.2 Å². The zero-order valence-electron chi connectivity index (χ0n) is 11.9. The van der Waals surface area contributed by atoms with Crippen molar-refractivity contribution in [2.24, 2.45) is 4.99 Å². The molecule has 0 aliphatic carbocycles. The van der Waals surface area contributed by atoms with E-state index in [4.69, 9.17) is 11.6 Å². The van der Waals surface area contributed by atoms with Gasteiger partial charge in [0.2, 0.25) is 5.88 Å². The molecule has 2 aromatic heterocycles. The van der Waals surface area contributed by atoms with Gasteiger partial charge in [0.1, 0.15) is 11.5 Å². The molecule has 23 heavy (non-hydrogen) atoms. The quantitative estimate of drug-likeness (QED) is 0.746. The van der Waals surface area contributed by atoms with Crippen LogP contribution in [0, 0.1) is 0 Å². The van der Waals surface area contributed by atoms with E-state index in [0.29, 0.717) is 22.4 Å². The van der Waals surface area contributed by atoms with E-state index in [1.54, 1.807) is 24.6 Å². The fraction of sp³-hybridized carbons (Fsp3) is 0. The van der Waals surface area contributed by atoms with Gasteiger partial charge < -0.3 is 10.1 Å². The Kier molecular flexibility index (Phi) is 3.20. The minimum atomic E-state index is -0.0619. The van der Waals surface area contributed by atoms with Crippen LogP contribution in [0.3, 0.4) is 0 Å². The molecular formula is C17H11ClN4O. The number of aromatic amines is 1. The molecule has 112 valence electrons. The summed E-state index contributed by atoms with van der Waals surface area (Å²) in [6.07, 6.45) is 5.03. The summed E-state index contributed by atoms with van der Waals surface area (Å²) in [4.78, 5) is 15.7. The molecule has 0 unspecified atom stereocenters. The number of aliphatic imine (C=N–C) groups is 1. The summed E-state index contributed by atoms with van der Waals surface area (Å²) in [5, 5.41) is 10.6. The maximum atomic E-state index is 10.1. The number of hydrogen-bond acceptors (Lipinski definition) is 4. The number of halogens is 1. The Morgan fingerprint density at radius 1 is 1.17 bits per heavy atom. The Balaban J connectivity index is 1.75. The van der Waals surface area contributed by atoms with E-state index in [-0.39, 0.29) is 5.88 Å². The van der Waals surface area contributed by atoms with Gasteiger partial charge in [-0.15, -0.1) is 0 Å². The van der Waals surface area contributed by atoms with Crippen molar-refractivity contribution in [1.82, 2.24) is 15.0 Å². The Morgan fingerprint density at radius 3 is 2.83 bits per heavy atom. The number of allylic oxidation sites excluding steroid dienone is 1. The summed E-state index contributed by atoms with van der Waals surface area (Å²) in [5.74, 6) is 1.16. The van der Waals surface area contributed by atoms with Crippen LogP contribution >= 0.6 is 11.6 Å². The van der Waals surface area contributed by atoms with Gasteiger partial charge >= 0.3 is 0 Å². The highest BCUT2D eigenvalue weighted by Gasteiger charge is 2.16. The van der Waals surface area contributed by atoms with Crippen LogP contribution in [0.2, 0.25) is 5.02 Å². The zero-order chi connectivity index (χ0) is 15.8. The number of pyridine rings is 1. The van der Waals surface area contributed by atoms with Gasteiger partial charge in [0.05, 0.1) is 5.02 Å². The largest absolute Gasteiger partial charge is 0.492 e. The van der Waals surface area contributed by atoms with Gasteiger partial charge in [-0.05, 0) is 12.1 Å². The highest BCUT2D eigenvalue weighted by molar-refractivity contribution is 6.31. The molecule has 0 saturated carbocycles. The monoisotopic (exact) mass is 322 g/mol.